The molecule has 0 bridgehead atoms. The van der Waals surface area contributed by atoms with E-state index in [0.717, 1.165) is 5.56 Å². The Morgan fingerprint density at radius 1 is 1.47 bits per heavy atom. The van der Waals surface area contributed by atoms with Crippen molar-refractivity contribution in [1.29, 1.82) is 10.7 Å². The summed E-state index contributed by atoms with van der Waals surface area (Å²) in [5.74, 6) is 0.631. The summed E-state index contributed by atoms with van der Waals surface area (Å²) < 4.78 is 29.6. The van der Waals surface area contributed by atoms with E-state index in [0.29, 0.717) is 12.2 Å². The zero-order valence-electron chi connectivity index (χ0n) is 10.3. The topological polar surface area (TPSA) is 128 Å². The van der Waals surface area contributed by atoms with E-state index in [1.807, 2.05) is 13.0 Å². The molecule has 0 fully saturated rings. The van der Waals surface area contributed by atoms with E-state index in [1.165, 1.54) is 23.9 Å². The summed E-state index contributed by atoms with van der Waals surface area (Å²) in [6.45, 7) is 1.84. The van der Waals surface area contributed by atoms with Gasteiger partial charge in [0.15, 0.2) is 5.17 Å². The summed E-state index contributed by atoms with van der Waals surface area (Å²) >= 11 is 1.19. The molecule has 0 aliphatic rings. The Morgan fingerprint density at radius 2 is 2.00 bits per heavy atom. The van der Waals surface area contributed by atoms with Crippen LogP contribution >= 0.6 is 11.8 Å². The van der Waals surface area contributed by atoms with Crippen LogP contribution in [0.2, 0.25) is 0 Å². The minimum atomic E-state index is -4.02. The highest BCUT2D eigenvalue weighted by atomic mass is 32.2. The number of thioether (sulfide) groups is 1. The van der Waals surface area contributed by atoms with Gasteiger partial charge in [0.25, 0.3) is 10.1 Å². The van der Waals surface area contributed by atoms with Gasteiger partial charge in [-0.3, -0.25) is 9.96 Å². The summed E-state index contributed by atoms with van der Waals surface area (Å²) in [7, 11) is -4.02. The smallest absolute Gasteiger partial charge is 0.294 e. The Balaban J connectivity index is 0.000000362. The zero-order valence-corrected chi connectivity index (χ0v) is 12.0. The summed E-state index contributed by atoms with van der Waals surface area (Å²) in [5, 5.41) is 14.8. The molecule has 0 saturated carbocycles. The third kappa shape index (κ3) is 9.07. The van der Waals surface area contributed by atoms with Crippen molar-refractivity contribution in [2.45, 2.75) is 18.2 Å². The minimum Gasteiger partial charge on any atom is -0.379 e. The van der Waals surface area contributed by atoms with E-state index in [-0.39, 0.29) is 10.1 Å². The molecular weight excluding hydrogens is 286 g/mol. The Morgan fingerprint density at radius 3 is 2.37 bits per heavy atom. The number of nitriles is 1. The second-order valence-corrected chi connectivity index (χ2v) is 5.97. The number of aryl methyl sites for hydroxylation is 1. The van der Waals surface area contributed by atoms with Crippen molar-refractivity contribution < 1.29 is 13.0 Å². The fourth-order valence-corrected chi connectivity index (χ4v) is 1.81. The monoisotopic (exact) mass is 301 g/mol. The van der Waals surface area contributed by atoms with Crippen LogP contribution in [0.15, 0.2) is 29.2 Å². The highest BCUT2D eigenvalue weighted by Gasteiger charge is 2.06. The number of nitrogens with two attached hydrogens (primary N) is 1. The number of amidine groups is 1. The molecule has 8 heteroatoms. The third-order valence-electron chi connectivity index (χ3n) is 1.79. The fourth-order valence-electron chi connectivity index (χ4n) is 0.917. The number of rotatable bonds is 3. The largest absolute Gasteiger partial charge is 0.379 e. The number of nitrogens with one attached hydrogen (secondary N) is 1. The van der Waals surface area contributed by atoms with Crippen molar-refractivity contribution in [2.24, 2.45) is 5.73 Å². The predicted molar refractivity (Wildman–Crippen MR) is 75.6 cm³/mol. The van der Waals surface area contributed by atoms with Crippen molar-refractivity contribution in [3.63, 3.8) is 0 Å². The number of nitrogens with zero attached hydrogens (tertiary/aromatic N) is 1. The van der Waals surface area contributed by atoms with Crippen LogP contribution < -0.4 is 5.73 Å². The van der Waals surface area contributed by atoms with Crippen molar-refractivity contribution in [1.82, 2.24) is 0 Å². The van der Waals surface area contributed by atoms with Crippen molar-refractivity contribution in [2.75, 3.05) is 5.75 Å². The molecule has 6 nitrogen and oxygen atoms in total. The van der Waals surface area contributed by atoms with Gasteiger partial charge in [0.05, 0.1) is 11.0 Å². The van der Waals surface area contributed by atoms with Crippen molar-refractivity contribution in [3.8, 4) is 6.07 Å². The molecule has 0 spiro atoms. The first-order valence-electron chi connectivity index (χ1n) is 5.15. The molecular formula is C11H15N3O3S2. The molecule has 0 saturated heterocycles. The van der Waals surface area contributed by atoms with Crippen LogP contribution in [0.5, 0.6) is 0 Å². The third-order valence-corrected chi connectivity index (χ3v) is 3.38. The summed E-state index contributed by atoms with van der Waals surface area (Å²) in [6.07, 6.45) is 0.463. The molecule has 0 aliphatic carbocycles. The molecule has 0 aliphatic heterocycles. The van der Waals surface area contributed by atoms with Crippen LogP contribution in [0.25, 0.3) is 0 Å². The van der Waals surface area contributed by atoms with Crippen LogP contribution in [0, 0.1) is 23.7 Å². The first-order valence-corrected chi connectivity index (χ1v) is 7.58. The molecule has 0 atom stereocenters. The Bertz CT molecular complexity index is 548. The second kappa shape index (κ2) is 8.53. The SMILES string of the molecule is Cc1ccc(S(=O)(=O)O)cc1.N#CCCSC(=N)N. The van der Waals surface area contributed by atoms with E-state index < -0.39 is 10.1 Å². The molecule has 0 amide bonds. The lowest BCUT2D eigenvalue weighted by Crippen LogP contribution is -2.03. The van der Waals surface area contributed by atoms with Gasteiger partial charge in [-0.2, -0.15) is 13.7 Å². The molecule has 0 aromatic heterocycles. The highest BCUT2D eigenvalue weighted by Crippen LogP contribution is 2.08. The van der Waals surface area contributed by atoms with Crippen LogP contribution in [-0.2, 0) is 10.1 Å². The normalized spacial score (nSPS) is 9.95. The van der Waals surface area contributed by atoms with Gasteiger partial charge in [-0.1, -0.05) is 29.5 Å². The Kier molecular flexibility index (Phi) is 7.83. The summed E-state index contributed by atoms with van der Waals surface area (Å²) in [4.78, 5) is -0.0666. The number of hydrogen-bond acceptors (Lipinski definition) is 5. The van der Waals surface area contributed by atoms with E-state index in [9.17, 15) is 8.42 Å². The lowest BCUT2D eigenvalue weighted by Gasteiger charge is -1.95. The standard InChI is InChI=1S/C7H8O3S.C4H7N3S/c1-6-2-4-7(5-3-6)11(8,9)10;5-2-1-3-8-4(6)7/h2-5H,1H3,(H,8,9,10);1,3H2,(H3,6,7). The van der Waals surface area contributed by atoms with Gasteiger partial charge in [-0.25, -0.2) is 0 Å². The lowest BCUT2D eigenvalue weighted by atomic mass is 10.2. The van der Waals surface area contributed by atoms with E-state index in [1.54, 1.807) is 12.1 Å². The molecule has 0 radical (unpaired) electrons. The summed E-state index contributed by atoms with van der Waals surface area (Å²) in [5.41, 5.74) is 5.93. The predicted octanol–water partition coefficient (Wildman–Crippen LogP) is 1.77. The molecule has 0 heterocycles. The van der Waals surface area contributed by atoms with Crippen molar-refractivity contribution >= 4 is 27.0 Å². The van der Waals surface area contributed by atoms with Crippen LogP contribution in [0.1, 0.15) is 12.0 Å². The maximum Gasteiger partial charge on any atom is 0.294 e. The van der Waals surface area contributed by atoms with Crippen LogP contribution in [0.3, 0.4) is 0 Å². The molecule has 4 N–H and O–H groups in total. The molecule has 0 unspecified atom stereocenters. The number of hydrogen-bond donors (Lipinski definition) is 3. The van der Waals surface area contributed by atoms with Gasteiger partial charge in [0.2, 0.25) is 0 Å². The highest BCUT2D eigenvalue weighted by molar-refractivity contribution is 8.13. The summed E-state index contributed by atoms with van der Waals surface area (Å²) in [6, 6.07) is 7.94. The van der Waals surface area contributed by atoms with E-state index >= 15 is 0 Å². The van der Waals surface area contributed by atoms with Gasteiger partial charge in [-0.05, 0) is 19.1 Å². The lowest BCUT2D eigenvalue weighted by molar-refractivity contribution is 0.483. The first kappa shape index (κ1) is 17.4. The maximum absolute atomic E-state index is 10.5. The molecule has 1 aromatic rings. The van der Waals surface area contributed by atoms with Gasteiger partial charge in [0, 0.05) is 12.2 Å². The fraction of sp³-hybridized carbons (Fsp3) is 0.273. The van der Waals surface area contributed by atoms with Gasteiger partial charge in [-0.15, -0.1) is 0 Å². The van der Waals surface area contributed by atoms with E-state index in [4.69, 9.17) is 21.0 Å². The van der Waals surface area contributed by atoms with Gasteiger partial charge >= 0.3 is 0 Å². The maximum atomic E-state index is 10.5. The zero-order chi connectivity index (χ0) is 14.9. The molecule has 1 aromatic carbocycles. The van der Waals surface area contributed by atoms with Gasteiger partial charge in [0.1, 0.15) is 0 Å². The van der Waals surface area contributed by atoms with E-state index in [2.05, 4.69) is 0 Å². The van der Waals surface area contributed by atoms with Gasteiger partial charge < -0.3 is 5.73 Å². The Labute approximate surface area is 116 Å². The molecule has 19 heavy (non-hydrogen) atoms. The minimum absolute atomic E-state index is 0.0666. The quantitative estimate of drug-likeness (QED) is 0.338. The first-order chi connectivity index (χ1) is 8.77. The molecule has 1 rings (SSSR count). The van der Waals surface area contributed by atoms with Crippen LogP contribution in [0.4, 0.5) is 0 Å². The average Bonchev–Trinajstić information content (AvgIpc) is 2.29. The van der Waals surface area contributed by atoms with Crippen LogP contribution in [-0.4, -0.2) is 23.9 Å². The second-order valence-electron chi connectivity index (χ2n) is 3.41. The average molecular weight is 301 g/mol. The number of benzene rings is 1. The van der Waals surface area contributed by atoms with Crippen molar-refractivity contribution in [3.05, 3.63) is 29.8 Å². The molecule has 104 valence electrons. The Hall–Kier alpha value is -1.56.